The molecule has 8 nitrogen and oxygen atoms in total. The summed E-state index contributed by atoms with van der Waals surface area (Å²) in [6.45, 7) is 3.35. The Morgan fingerprint density at radius 2 is 1.85 bits per heavy atom. The first-order valence-electron chi connectivity index (χ1n) is 8.68. The minimum atomic E-state index is -1.20. The monoisotopic (exact) mass is 364 g/mol. The third kappa shape index (κ3) is 6.62. The molecule has 1 atom stereocenters. The van der Waals surface area contributed by atoms with Crippen LogP contribution in [0.4, 0.5) is 0 Å². The van der Waals surface area contributed by atoms with Crippen molar-refractivity contribution < 1.29 is 19.4 Å². The zero-order valence-corrected chi connectivity index (χ0v) is 15.1. The van der Waals surface area contributed by atoms with Crippen molar-refractivity contribution in [1.29, 1.82) is 0 Å². The van der Waals surface area contributed by atoms with E-state index in [0.29, 0.717) is 6.08 Å². The summed E-state index contributed by atoms with van der Waals surface area (Å²) in [7, 11) is 0. The molecule has 1 rings (SSSR count). The number of para-hydroxylation sites is 1. The van der Waals surface area contributed by atoms with Crippen LogP contribution < -0.4 is 4.74 Å². The van der Waals surface area contributed by atoms with Gasteiger partial charge in [0.2, 0.25) is 6.54 Å². The molecule has 0 spiro atoms. The third-order valence-corrected chi connectivity index (χ3v) is 3.94. The average Bonchev–Trinajstić information content (AvgIpc) is 2.59. The highest BCUT2D eigenvalue weighted by molar-refractivity contribution is 5.87. The Morgan fingerprint density at radius 1 is 1.15 bits per heavy atom. The summed E-state index contributed by atoms with van der Waals surface area (Å²) in [5, 5.41) is 21.4. The summed E-state index contributed by atoms with van der Waals surface area (Å²) in [6, 6.07) is 6.96. The molecular weight excluding hydrogens is 340 g/mol. The van der Waals surface area contributed by atoms with Crippen molar-refractivity contribution in [2.75, 3.05) is 6.54 Å². The SMILES string of the molecule is CCCCC(CCC)c1ccccc1OC(=O)C(=CC[N+](=O)[O-])[N+](=O)[O-]. The number of nitrogens with zero attached hydrogens (tertiary/aromatic N) is 2. The second kappa shape index (κ2) is 11.0. The Kier molecular flexibility index (Phi) is 8.97. The molecule has 0 saturated carbocycles. The fourth-order valence-electron chi connectivity index (χ4n) is 2.71. The number of nitro groups is 2. The van der Waals surface area contributed by atoms with Gasteiger partial charge in [-0.2, -0.15) is 0 Å². The maximum absolute atomic E-state index is 12.2. The molecule has 0 heterocycles. The number of benzene rings is 1. The van der Waals surface area contributed by atoms with Gasteiger partial charge in [-0.25, -0.2) is 4.79 Å². The topological polar surface area (TPSA) is 113 Å². The van der Waals surface area contributed by atoms with Gasteiger partial charge in [0.1, 0.15) is 5.75 Å². The minimum Gasteiger partial charge on any atom is -0.418 e. The van der Waals surface area contributed by atoms with Crippen LogP contribution in [0.25, 0.3) is 0 Å². The quantitative estimate of drug-likeness (QED) is 0.192. The van der Waals surface area contributed by atoms with Gasteiger partial charge in [-0.15, -0.1) is 0 Å². The van der Waals surface area contributed by atoms with Gasteiger partial charge in [0.15, 0.2) is 0 Å². The lowest BCUT2D eigenvalue weighted by Gasteiger charge is -2.19. The van der Waals surface area contributed by atoms with E-state index in [0.717, 1.165) is 37.7 Å². The van der Waals surface area contributed by atoms with Crippen molar-refractivity contribution in [3.05, 3.63) is 61.8 Å². The Bertz CT molecular complexity index is 671. The molecule has 1 aromatic carbocycles. The van der Waals surface area contributed by atoms with Crippen LogP contribution in [0.2, 0.25) is 0 Å². The third-order valence-electron chi connectivity index (χ3n) is 3.94. The van der Waals surface area contributed by atoms with E-state index in [1.165, 1.54) is 0 Å². The number of hydrogen-bond donors (Lipinski definition) is 0. The first kappa shape index (κ1) is 21.3. The fraction of sp³-hybridized carbons (Fsp3) is 0.500. The van der Waals surface area contributed by atoms with Crippen LogP contribution in [-0.2, 0) is 4.79 Å². The maximum Gasteiger partial charge on any atom is 0.415 e. The maximum atomic E-state index is 12.2. The van der Waals surface area contributed by atoms with Crippen molar-refractivity contribution in [3.63, 3.8) is 0 Å². The molecule has 26 heavy (non-hydrogen) atoms. The number of unbranched alkanes of at least 4 members (excludes halogenated alkanes) is 1. The molecule has 1 aromatic rings. The smallest absolute Gasteiger partial charge is 0.415 e. The fourth-order valence-corrected chi connectivity index (χ4v) is 2.71. The van der Waals surface area contributed by atoms with E-state index in [9.17, 15) is 25.0 Å². The molecule has 0 aromatic heterocycles. The van der Waals surface area contributed by atoms with Gasteiger partial charge >= 0.3 is 11.7 Å². The van der Waals surface area contributed by atoms with Gasteiger partial charge in [0.25, 0.3) is 0 Å². The Morgan fingerprint density at radius 3 is 2.42 bits per heavy atom. The van der Waals surface area contributed by atoms with Gasteiger partial charge in [0, 0.05) is 4.92 Å². The molecule has 142 valence electrons. The molecular formula is C18H24N2O6. The predicted octanol–water partition coefficient (Wildman–Crippen LogP) is 4.10. The van der Waals surface area contributed by atoms with E-state index in [4.69, 9.17) is 4.74 Å². The van der Waals surface area contributed by atoms with Crippen molar-refractivity contribution >= 4 is 5.97 Å². The van der Waals surface area contributed by atoms with Gasteiger partial charge < -0.3 is 4.74 Å². The predicted molar refractivity (Wildman–Crippen MR) is 96.2 cm³/mol. The Labute approximate surface area is 152 Å². The molecule has 0 N–H and O–H groups in total. The van der Waals surface area contributed by atoms with E-state index in [1.807, 2.05) is 12.1 Å². The van der Waals surface area contributed by atoms with Crippen LogP contribution in [0, 0.1) is 20.2 Å². The van der Waals surface area contributed by atoms with Crippen molar-refractivity contribution in [1.82, 2.24) is 0 Å². The summed E-state index contributed by atoms with van der Waals surface area (Å²) in [5.41, 5.74) is -0.106. The first-order chi connectivity index (χ1) is 12.4. The van der Waals surface area contributed by atoms with Crippen LogP contribution in [0.3, 0.4) is 0 Å². The van der Waals surface area contributed by atoms with Crippen molar-refractivity contribution in [2.45, 2.75) is 51.9 Å². The van der Waals surface area contributed by atoms with Crippen molar-refractivity contribution in [2.24, 2.45) is 0 Å². The number of carbonyl (C=O) groups is 1. The molecule has 0 aliphatic heterocycles. The number of ether oxygens (including phenoxy) is 1. The van der Waals surface area contributed by atoms with Gasteiger partial charge in [-0.05, 0) is 30.4 Å². The summed E-state index contributed by atoms with van der Waals surface area (Å²) in [4.78, 5) is 31.9. The standard InChI is InChI=1S/C18H24N2O6/c1-3-5-9-14(8-4-2)15-10-6-7-11-17(15)26-18(21)16(20(24)25)12-13-19(22)23/h6-7,10-12,14H,3-5,8-9,13H2,1-2H3. The second-order valence-corrected chi connectivity index (χ2v) is 5.92. The Hall–Kier alpha value is -2.77. The highest BCUT2D eigenvalue weighted by Gasteiger charge is 2.27. The van der Waals surface area contributed by atoms with Crippen LogP contribution in [-0.4, -0.2) is 22.4 Å². The number of esters is 1. The normalized spacial score (nSPS) is 12.5. The molecule has 1 unspecified atom stereocenters. The van der Waals surface area contributed by atoms with Crippen LogP contribution in [0.5, 0.6) is 5.75 Å². The Balaban J connectivity index is 3.08. The van der Waals surface area contributed by atoms with E-state index in [-0.39, 0.29) is 11.7 Å². The van der Waals surface area contributed by atoms with E-state index in [1.54, 1.807) is 12.1 Å². The minimum absolute atomic E-state index is 0.186. The summed E-state index contributed by atoms with van der Waals surface area (Å²) < 4.78 is 5.24. The second-order valence-electron chi connectivity index (χ2n) is 5.92. The van der Waals surface area contributed by atoms with Gasteiger partial charge in [-0.3, -0.25) is 20.2 Å². The van der Waals surface area contributed by atoms with E-state index in [2.05, 4.69) is 13.8 Å². The van der Waals surface area contributed by atoms with Gasteiger partial charge in [0.05, 0.1) is 11.0 Å². The lowest BCUT2D eigenvalue weighted by Crippen LogP contribution is -2.19. The molecule has 0 aliphatic rings. The average molecular weight is 364 g/mol. The van der Waals surface area contributed by atoms with Crippen LogP contribution >= 0.6 is 0 Å². The molecule has 0 saturated heterocycles. The van der Waals surface area contributed by atoms with Crippen molar-refractivity contribution in [3.8, 4) is 5.75 Å². The van der Waals surface area contributed by atoms with Gasteiger partial charge in [-0.1, -0.05) is 51.3 Å². The van der Waals surface area contributed by atoms with Crippen LogP contribution in [0.15, 0.2) is 36.0 Å². The number of hydrogen-bond acceptors (Lipinski definition) is 6. The largest absolute Gasteiger partial charge is 0.418 e. The molecule has 0 amide bonds. The lowest BCUT2D eigenvalue weighted by molar-refractivity contribution is -0.472. The number of rotatable bonds is 11. The van der Waals surface area contributed by atoms with E-state index >= 15 is 0 Å². The number of carbonyl (C=O) groups excluding carboxylic acids is 1. The zero-order chi connectivity index (χ0) is 19.5. The van der Waals surface area contributed by atoms with E-state index < -0.39 is 28.1 Å². The lowest BCUT2D eigenvalue weighted by atomic mass is 9.89. The summed E-state index contributed by atoms with van der Waals surface area (Å²) in [6.07, 6.45) is 5.52. The molecule has 0 radical (unpaired) electrons. The first-order valence-corrected chi connectivity index (χ1v) is 8.68. The highest BCUT2D eigenvalue weighted by atomic mass is 16.6. The highest BCUT2D eigenvalue weighted by Crippen LogP contribution is 2.34. The van der Waals surface area contributed by atoms with Crippen LogP contribution in [0.1, 0.15) is 57.4 Å². The molecule has 0 aliphatic carbocycles. The zero-order valence-electron chi connectivity index (χ0n) is 15.1. The summed E-state index contributed by atoms with van der Waals surface area (Å²) in [5.74, 6) is -0.748. The molecule has 0 fully saturated rings. The molecule has 0 bridgehead atoms. The molecule has 8 heteroatoms. The summed E-state index contributed by atoms with van der Waals surface area (Å²) >= 11 is 0.